The molecule has 3 rings (SSSR count). The second kappa shape index (κ2) is 8.40. The molecular formula is C21H23N3O3. The highest BCUT2D eigenvalue weighted by Gasteiger charge is 2.05. The lowest BCUT2D eigenvalue weighted by molar-refractivity contribution is -0.116. The van der Waals surface area contributed by atoms with Gasteiger partial charge < -0.3 is 19.2 Å². The van der Waals surface area contributed by atoms with Crippen LogP contribution in [0.2, 0.25) is 0 Å². The van der Waals surface area contributed by atoms with E-state index >= 15 is 0 Å². The van der Waals surface area contributed by atoms with Crippen molar-refractivity contribution in [2.45, 2.75) is 13.3 Å². The van der Waals surface area contributed by atoms with Crippen LogP contribution in [0.5, 0.6) is 11.5 Å². The zero-order valence-electron chi connectivity index (χ0n) is 15.7. The van der Waals surface area contributed by atoms with Gasteiger partial charge in [0.2, 0.25) is 5.91 Å². The second-order valence-electron chi connectivity index (χ2n) is 6.11. The van der Waals surface area contributed by atoms with Crippen molar-refractivity contribution in [1.82, 2.24) is 14.7 Å². The first-order valence-electron chi connectivity index (χ1n) is 8.72. The number of carbonyl (C=O) groups excluding carboxylic acids is 1. The molecule has 0 saturated heterocycles. The van der Waals surface area contributed by atoms with E-state index in [1.165, 1.54) is 6.08 Å². The standard InChI is InChI=1S/C21H23N3O3/c1-15-5-4-6-20-23-17(14-24(15)20)11-12-22-21(25)10-7-16-13-18(26-2)8-9-19(16)27-3/h4-10,13-14H,11-12H2,1-3H3,(H,22,25)/b10-7+. The van der Waals surface area contributed by atoms with Crippen molar-refractivity contribution < 1.29 is 14.3 Å². The molecule has 0 saturated carbocycles. The summed E-state index contributed by atoms with van der Waals surface area (Å²) < 4.78 is 12.6. The number of pyridine rings is 1. The van der Waals surface area contributed by atoms with Crippen LogP contribution in [-0.2, 0) is 11.2 Å². The Morgan fingerprint density at radius 2 is 2.07 bits per heavy atom. The van der Waals surface area contributed by atoms with E-state index in [-0.39, 0.29) is 5.91 Å². The van der Waals surface area contributed by atoms with Gasteiger partial charge in [-0.15, -0.1) is 0 Å². The van der Waals surface area contributed by atoms with E-state index in [9.17, 15) is 4.79 Å². The summed E-state index contributed by atoms with van der Waals surface area (Å²) in [6.07, 6.45) is 5.88. The van der Waals surface area contributed by atoms with Crippen molar-refractivity contribution in [2.24, 2.45) is 0 Å². The van der Waals surface area contributed by atoms with Crippen LogP contribution < -0.4 is 14.8 Å². The Bertz CT molecular complexity index is 976. The molecule has 27 heavy (non-hydrogen) atoms. The lowest BCUT2D eigenvalue weighted by Gasteiger charge is -2.07. The van der Waals surface area contributed by atoms with Crippen molar-refractivity contribution in [3.63, 3.8) is 0 Å². The molecule has 0 atom stereocenters. The number of imidazole rings is 1. The summed E-state index contributed by atoms with van der Waals surface area (Å²) in [5, 5.41) is 2.88. The minimum absolute atomic E-state index is 0.167. The monoisotopic (exact) mass is 365 g/mol. The summed E-state index contributed by atoms with van der Waals surface area (Å²) in [6.45, 7) is 2.55. The smallest absolute Gasteiger partial charge is 0.244 e. The number of rotatable bonds is 7. The predicted octanol–water partition coefficient (Wildman–Crippen LogP) is 3.03. The number of nitrogens with zero attached hydrogens (tertiary/aromatic N) is 2. The SMILES string of the molecule is COc1ccc(OC)c(/C=C/C(=O)NCCc2cn3c(C)cccc3n2)c1. The molecule has 0 radical (unpaired) electrons. The molecule has 2 aromatic heterocycles. The second-order valence-corrected chi connectivity index (χ2v) is 6.11. The summed E-state index contributed by atoms with van der Waals surface area (Å²) >= 11 is 0. The number of ether oxygens (including phenoxy) is 2. The normalized spacial score (nSPS) is 11.1. The Morgan fingerprint density at radius 1 is 1.22 bits per heavy atom. The summed E-state index contributed by atoms with van der Waals surface area (Å²) in [7, 11) is 3.19. The summed E-state index contributed by atoms with van der Waals surface area (Å²) in [6, 6.07) is 11.4. The van der Waals surface area contributed by atoms with E-state index in [0.717, 1.165) is 22.6 Å². The number of aromatic nitrogens is 2. The number of hydrogen-bond donors (Lipinski definition) is 1. The minimum atomic E-state index is -0.167. The molecule has 0 fully saturated rings. The van der Waals surface area contributed by atoms with Gasteiger partial charge in [0.25, 0.3) is 0 Å². The molecule has 1 N–H and O–H groups in total. The Labute approximate surface area is 158 Å². The van der Waals surface area contributed by atoms with Gasteiger partial charge in [-0.1, -0.05) is 6.07 Å². The molecule has 0 unspecified atom stereocenters. The first kappa shape index (κ1) is 18.5. The van der Waals surface area contributed by atoms with Crippen LogP contribution in [0.1, 0.15) is 17.0 Å². The molecule has 0 aliphatic heterocycles. The van der Waals surface area contributed by atoms with Crippen LogP contribution in [0.3, 0.4) is 0 Å². The van der Waals surface area contributed by atoms with E-state index in [1.807, 2.05) is 53.9 Å². The van der Waals surface area contributed by atoms with Crippen LogP contribution in [-0.4, -0.2) is 36.1 Å². The highest BCUT2D eigenvalue weighted by atomic mass is 16.5. The average molecular weight is 365 g/mol. The first-order valence-corrected chi connectivity index (χ1v) is 8.72. The highest BCUT2D eigenvalue weighted by Crippen LogP contribution is 2.24. The largest absolute Gasteiger partial charge is 0.497 e. The van der Waals surface area contributed by atoms with E-state index < -0.39 is 0 Å². The van der Waals surface area contributed by atoms with Gasteiger partial charge in [-0.25, -0.2) is 4.98 Å². The number of fused-ring (bicyclic) bond motifs is 1. The van der Waals surface area contributed by atoms with Crippen LogP contribution in [0, 0.1) is 6.92 Å². The van der Waals surface area contributed by atoms with Crippen molar-refractivity contribution >= 4 is 17.6 Å². The number of carbonyl (C=O) groups is 1. The zero-order valence-corrected chi connectivity index (χ0v) is 15.7. The first-order chi connectivity index (χ1) is 13.1. The molecule has 2 heterocycles. The van der Waals surface area contributed by atoms with Crippen LogP contribution in [0.15, 0.2) is 48.7 Å². The maximum absolute atomic E-state index is 12.1. The third-order valence-electron chi connectivity index (χ3n) is 4.28. The molecule has 0 aliphatic carbocycles. The van der Waals surface area contributed by atoms with E-state index in [0.29, 0.717) is 24.5 Å². The van der Waals surface area contributed by atoms with Crippen LogP contribution in [0.25, 0.3) is 11.7 Å². The number of hydrogen-bond acceptors (Lipinski definition) is 4. The van der Waals surface area contributed by atoms with Gasteiger partial charge in [-0.05, 0) is 43.3 Å². The quantitative estimate of drug-likeness (QED) is 0.654. The number of amides is 1. The lowest BCUT2D eigenvalue weighted by Crippen LogP contribution is -2.23. The number of benzene rings is 1. The molecule has 3 aromatic rings. The molecule has 140 valence electrons. The number of aryl methyl sites for hydroxylation is 1. The average Bonchev–Trinajstić information content (AvgIpc) is 3.10. The predicted molar refractivity (Wildman–Crippen MR) is 105 cm³/mol. The van der Waals surface area contributed by atoms with Gasteiger partial charge in [0.05, 0.1) is 19.9 Å². The molecule has 6 nitrogen and oxygen atoms in total. The van der Waals surface area contributed by atoms with E-state index in [4.69, 9.17) is 9.47 Å². The Kier molecular flexibility index (Phi) is 5.76. The molecule has 0 aliphatic rings. The minimum Gasteiger partial charge on any atom is -0.497 e. The molecule has 1 aromatic carbocycles. The summed E-state index contributed by atoms with van der Waals surface area (Å²) in [5.74, 6) is 1.22. The van der Waals surface area contributed by atoms with Crippen molar-refractivity contribution in [1.29, 1.82) is 0 Å². The van der Waals surface area contributed by atoms with Gasteiger partial charge in [-0.3, -0.25) is 4.79 Å². The number of nitrogens with one attached hydrogen (secondary N) is 1. The zero-order chi connectivity index (χ0) is 19.2. The van der Waals surface area contributed by atoms with Crippen LogP contribution >= 0.6 is 0 Å². The maximum atomic E-state index is 12.1. The van der Waals surface area contributed by atoms with Gasteiger partial charge in [0.15, 0.2) is 0 Å². The fourth-order valence-electron chi connectivity index (χ4n) is 2.83. The molecule has 1 amide bonds. The fraction of sp³-hybridized carbons (Fsp3) is 0.238. The lowest BCUT2D eigenvalue weighted by atomic mass is 10.1. The van der Waals surface area contributed by atoms with Crippen molar-refractivity contribution in [3.8, 4) is 11.5 Å². The van der Waals surface area contributed by atoms with E-state index in [2.05, 4.69) is 10.3 Å². The van der Waals surface area contributed by atoms with Crippen molar-refractivity contribution in [2.75, 3.05) is 20.8 Å². The molecule has 0 bridgehead atoms. The van der Waals surface area contributed by atoms with Crippen molar-refractivity contribution in [3.05, 3.63) is 65.6 Å². The fourth-order valence-corrected chi connectivity index (χ4v) is 2.83. The summed E-state index contributed by atoms with van der Waals surface area (Å²) in [5.41, 5.74) is 3.78. The van der Waals surface area contributed by atoms with Gasteiger partial charge >= 0.3 is 0 Å². The van der Waals surface area contributed by atoms with Crippen LogP contribution in [0.4, 0.5) is 0 Å². The third-order valence-corrected chi connectivity index (χ3v) is 4.28. The van der Waals surface area contributed by atoms with Gasteiger partial charge in [0, 0.05) is 36.5 Å². The molecular weight excluding hydrogens is 342 g/mol. The topological polar surface area (TPSA) is 64.9 Å². The third kappa shape index (κ3) is 4.47. The molecule has 6 heteroatoms. The Hall–Kier alpha value is -3.28. The van der Waals surface area contributed by atoms with E-state index in [1.54, 1.807) is 20.3 Å². The Balaban J connectivity index is 1.58. The molecule has 0 spiro atoms. The highest BCUT2D eigenvalue weighted by molar-refractivity contribution is 5.92. The number of methoxy groups -OCH3 is 2. The Morgan fingerprint density at radius 3 is 2.81 bits per heavy atom. The van der Waals surface area contributed by atoms with Gasteiger partial charge in [0.1, 0.15) is 17.1 Å². The summed E-state index contributed by atoms with van der Waals surface area (Å²) in [4.78, 5) is 16.7. The maximum Gasteiger partial charge on any atom is 0.244 e. The van der Waals surface area contributed by atoms with Gasteiger partial charge in [-0.2, -0.15) is 0 Å².